The van der Waals surface area contributed by atoms with Gasteiger partial charge in [0.1, 0.15) is 0 Å². The summed E-state index contributed by atoms with van der Waals surface area (Å²) in [6, 6.07) is 15.1. The molecule has 0 atom stereocenters. The first-order valence-corrected chi connectivity index (χ1v) is 9.19. The Kier molecular flexibility index (Phi) is 5.20. The molecule has 0 bridgehead atoms. The van der Waals surface area contributed by atoms with Crippen LogP contribution in [-0.4, -0.2) is 51.3 Å². The molecule has 29 heavy (non-hydrogen) atoms. The number of aromatic nitrogens is 4. The number of rotatable bonds is 4. The molecule has 150 valence electrons. The summed E-state index contributed by atoms with van der Waals surface area (Å²) in [7, 11) is 0. The largest absolute Gasteiger partial charge is 0.416 e. The van der Waals surface area contributed by atoms with Crippen molar-refractivity contribution >= 4 is 11.8 Å². The molecule has 4 rings (SSSR count). The van der Waals surface area contributed by atoms with E-state index in [9.17, 15) is 13.2 Å². The van der Waals surface area contributed by atoms with E-state index in [1.54, 1.807) is 10.7 Å². The maximum absolute atomic E-state index is 12.9. The lowest BCUT2D eigenvalue weighted by molar-refractivity contribution is -0.137. The van der Waals surface area contributed by atoms with Crippen LogP contribution in [0.25, 0.3) is 11.8 Å². The molecule has 2 heterocycles. The smallest absolute Gasteiger partial charge is 0.374 e. The quantitative estimate of drug-likeness (QED) is 0.671. The van der Waals surface area contributed by atoms with Gasteiger partial charge in [0.15, 0.2) is 5.82 Å². The number of hydrogen-bond acceptors (Lipinski definition) is 5. The SMILES string of the molecule is FC(F)(F)c1cccc(N2CCN(/C=C\c3nnnn3-c3ccccc3)CC2)c1. The number of tetrazole rings is 1. The van der Waals surface area contributed by atoms with Crippen molar-refractivity contribution in [3.05, 3.63) is 72.2 Å². The predicted molar refractivity (Wildman–Crippen MR) is 103 cm³/mol. The monoisotopic (exact) mass is 400 g/mol. The summed E-state index contributed by atoms with van der Waals surface area (Å²) in [6.45, 7) is 2.66. The van der Waals surface area contributed by atoms with Gasteiger partial charge in [-0.15, -0.1) is 5.10 Å². The molecule has 0 spiro atoms. The summed E-state index contributed by atoms with van der Waals surface area (Å²) < 4.78 is 40.4. The standard InChI is InChI=1S/C20H19F3N6/c21-20(22,23)16-5-4-8-18(15-16)28-13-11-27(12-14-28)10-9-19-24-25-26-29(19)17-6-2-1-3-7-17/h1-10,15H,11-14H2/b10-9-. The number of halogens is 3. The van der Waals surface area contributed by atoms with Crippen molar-refractivity contribution in [1.29, 1.82) is 0 Å². The molecule has 1 saturated heterocycles. The molecule has 3 aromatic rings. The normalized spacial score (nSPS) is 15.3. The fraction of sp³-hybridized carbons (Fsp3) is 0.250. The first-order chi connectivity index (χ1) is 14.0. The number of piperazine rings is 1. The number of alkyl halides is 3. The van der Waals surface area contributed by atoms with Gasteiger partial charge < -0.3 is 9.80 Å². The van der Waals surface area contributed by atoms with Gasteiger partial charge >= 0.3 is 6.18 Å². The fourth-order valence-electron chi connectivity index (χ4n) is 3.23. The molecule has 6 nitrogen and oxygen atoms in total. The Balaban J connectivity index is 1.40. The lowest BCUT2D eigenvalue weighted by Gasteiger charge is -2.35. The molecule has 1 aliphatic heterocycles. The second-order valence-electron chi connectivity index (χ2n) is 6.67. The van der Waals surface area contributed by atoms with E-state index in [0.29, 0.717) is 37.7 Å². The second-order valence-corrected chi connectivity index (χ2v) is 6.67. The molecule has 9 heteroatoms. The van der Waals surface area contributed by atoms with Crippen molar-refractivity contribution in [2.45, 2.75) is 6.18 Å². The number of nitrogens with zero attached hydrogens (tertiary/aromatic N) is 6. The van der Waals surface area contributed by atoms with Gasteiger partial charge in [0.2, 0.25) is 0 Å². The van der Waals surface area contributed by atoms with Crippen LogP contribution in [0, 0.1) is 0 Å². The molecule has 1 aliphatic rings. The van der Waals surface area contributed by atoms with Gasteiger partial charge in [-0.3, -0.25) is 0 Å². The van der Waals surface area contributed by atoms with Gasteiger partial charge in [0.05, 0.1) is 11.3 Å². The number of para-hydroxylation sites is 1. The summed E-state index contributed by atoms with van der Waals surface area (Å²) in [6.07, 6.45) is -0.565. The van der Waals surface area contributed by atoms with Crippen LogP contribution in [0.4, 0.5) is 18.9 Å². The van der Waals surface area contributed by atoms with Crippen LogP contribution in [0.2, 0.25) is 0 Å². The van der Waals surface area contributed by atoms with Crippen LogP contribution in [0.3, 0.4) is 0 Å². The Hall–Kier alpha value is -3.36. The maximum Gasteiger partial charge on any atom is 0.416 e. The van der Waals surface area contributed by atoms with E-state index in [4.69, 9.17) is 0 Å². The minimum Gasteiger partial charge on any atom is -0.374 e. The molecule has 1 aromatic heterocycles. The second kappa shape index (κ2) is 7.94. The maximum atomic E-state index is 12.9. The number of hydrogen-bond donors (Lipinski definition) is 0. The molecule has 0 aliphatic carbocycles. The van der Waals surface area contributed by atoms with Crippen LogP contribution >= 0.6 is 0 Å². The van der Waals surface area contributed by atoms with Crippen molar-refractivity contribution in [2.75, 3.05) is 31.1 Å². The van der Waals surface area contributed by atoms with E-state index < -0.39 is 11.7 Å². The number of anilines is 1. The Morgan fingerprint density at radius 1 is 0.862 bits per heavy atom. The highest BCUT2D eigenvalue weighted by Crippen LogP contribution is 2.31. The van der Waals surface area contributed by atoms with Gasteiger partial charge in [-0.25, -0.2) is 0 Å². The van der Waals surface area contributed by atoms with Gasteiger partial charge in [-0.05, 0) is 40.8 Å². The minimum absolute atomic E-state index is 0.594. The summed E-state index contributed by atoms with van der Waals surface area (Å²) in [5, 5.41) is 11.8. The van der Waals surface area contributed by atoms with Gasteiger partial charge in [-0.2, -0.15) is 17.9 Å². The Morgan fingerprint density at radius 3 is 2.31 bits per heavy atom. The van der Waals surface area contributed by atoms with Crippen molar-refractivity contribution in [3.63, 3.8) is 0 Å². The molecule has 0 unspecified atom stereocenters. The van der Waals surface area contributed by atoms with Crippen LogP contribution in [0.1, 0.15) is 11.4 Å². The predicted octanol–water partition coefficient (Wildman–Crippen LogP) is 3.47. The topological polar surface area (TPSA) is 50.1 Å². The Bertz CT molecular complexity index is 975. The average Bonchev–Trinajstić information content (AvgIpc) is 3.21. The lowest BCUT2D eigenvalue weighted by atomic mass is 10.1. The lowest BCUT2D eigenvalue weighted by Crippen LogP contribution is -2.44. The van der Waals surface area contributed by atoms with E-state index in [0.717, 1.165) is 11.8 Å². The Morgan fingerprint density at radius 2 is 1.59 bits per heavy atom. The van der Waals surface area contributed by atoms with Gasteiger partial charge in [0.25, 0.3) is 0 Å². The molecular weight excluding hydrogens is 381 g/mol. The van der Waals surface area contributed by atoms with Crippen LogP contribution in [0.15, 0.2) is 60.8 Å². The van der Waals surface area contributed by atoms with Gasteiger partial charge in [-0.1, -0.05) is 24.3 Å². The van der Waals surface area contributed by atoms with Gasteiger partial charge in [0, 0.05) is 44.1 Å². The summed E-state index contributed by atoms with van der Waals surface area (Å²) in [5.41, 5.74) is 0.841. The zero-order valence-corrected chi connectivity index (χ0v) is 15.5. The Labute approximate surface area is 165 Å². The third kappa shape index (κ3) is 4.39. The fourth-order valence-corrected chi connectivity index (χ4v) is 3.23. The highest BCUT2D eigenvalue weighted by molar-refractivity contribution is 5.50. The summed E-state index contributed by atoms with van der Waals surface area (Å²) in [4.78, 5) is 4.07. The third-order valence-corrected chi connectivity index (χ3v) is 4.78. The zero-order valence-electron chi connectivity index (χ0n) is 15.5. The summed E-state index contributed by atoms with van der Waals surface area (Å²) in [5.74, 6) is 0.608. The molecule has 0 amide bonds. The highest BCUT2D eigenvalue weighted by atomic mass is 19.4. The van der Waals surface area contributed by atoms with E-state index in [1.165, 1.54) is 12.1 Å². The van der Waals surface area contributed by atoms with Crippen LogP contribution < -0.4 is 4.90 Å². The summed E-state index contributed by atoms with van der Waals surface area (Å²) >= 11 is 0. The van der Waals surface area contributed by atoms with Crippen LogP contribution in [-0.2, 0) is 6.18 Å². The molecule has 0 N–H and O–H groups in total. The molecular formula is C20H19F3N6. The first-order valence-electron chi connectivity index (χ1n) is 9.19. The van der Waals surface area contributed by atoms with Crippen molar-refractivity contribution in [1.82, 2.24) is 25.1 Å². The van der Waals surface area contributed by atoms with E-state index in [-0.39, 0.29) is 0 Å². The molecule has 2 aromatic carbocycles. The molecule has 0 saturated carbocycles. The van der Waals surface area contributed by atoms with E-state index >= 15 is 0 Å². The average molecular weight is 400 g/mol. The number of benzene rings is 2. The minimum atomic E-state index is -4.33. The van der Waals surface area contributed by atoms with Crippen molar-refractivity contribution in [3.8, 4) is 5.69 Å². The van der Waals surface area contributed by atoms with Crippen molar-refractivity contribution < 1.29 is 13.2 Å². The highest BCUT2D eigenvalue weighted by Gasteiger charge is 2.31. The third-order valence-electron chi connectivity index (χ3n) is 4.78. The first kappa shape index (κ1) is 19.0. The van der Waals surface area contributed by atoms with Crippen molar-refractivity contribution in [2.24, 2.45) is 0 Å². The van der Waals surface area contributed by atoms with E-state index in [2.05, 4.69) is 20.4 Å². The molecule has 1 fully saturated rings. The molecule has 0 radical (unpaired) electrons. The van der Waals surface area contributed by atoms with Crippen LogP contribution in [0.5, 0.6) is 0 Å². The zero-order chi connectivity index (χ0) is 20.3. The van der Waals surface area contributed by atoms with E-state index in [1.807, 2.05) is 47.5 Å².